The zero-order chi connectivity index (χ0) is 18.8. The lowest BCUT2D eigenvalue weighted by molar-refractivity contribution is -0.115. The average Bonchev–Trinajstić information content (AvgIpc) is 2.48. The van der Waals surface area contributed by atoms with Crippen LogP contribution in [-0.4, -0.2) is 20.9 Å². The normalized spacial score (nSPS) is 11.4. The molecule has 0 atom stereocenters. The molecule has 0 fully saturated rings. The molecule has 5 nitrogen and oxygen atoms in total. The molecular weight excluding hydrogens is 336 g/mol. The van der Waals surface area contributed by atoms with Crippen LogP contribution in [0, 0.1) is 34.6 Å². The van der Waals surface area contributed by atoms with Crippen LogP contribution < -0.4 is 10.0 Å². The number of hydrogen-bond acceptors (Lipinski definition) is 3. The number of sulfonamides is 1. The predicted molar refractivity (Wildman–Crippen MR) is 100 cm³/mol. The van der Waals surface area contributed by atoms with Crippen LogP contribution >= 0.6 is 0 Å². The minimum Gasteiger partial charge on any atom is -0.324 e. The van der Waals surface area contributed by atoms with Crippen molar-refractivity contribution < 1.29 is 13.2 Å². The van der Waals surface area contributed by atoms with E-state index in [-0.39, 0.29) is 11.4 Å². The molecule has 0 aliphatic heterocycles. The molecule has 0 aliphatic rings. The van der Waals surface area contributed by atoms with Crippen LogP contribution in [-0.2, 0) is 14.8 Å². The molecule has 0 saturated carbocycles. The first-order chi connectivity index (χ1) is 11.6. The molecule has 134 valence electrons. The summed E-state index contributed by atoms with van der Waals surface area (Å²) in [6, 6.07) is 9.33. The minimum atomic E-state index is -3.76. The van der Waals surface area contributed by atoms with Crippen molar-refractivity contribution >= 4 is 21.6 Å². The molecule has 0 aliphatic carbocycles. The van der Waals surface area contributed by atoms with Crippen molar-refractivity contribution in [2.75, 3.05) is 11.9 Å². The highest BCUT2D eigenvalue weighted by Crippen LogP contribution is 2.22. The number of carbonyl (C=O) groups is 1. The van der Waals surface area contributed by atoms with E-state index in [0.29, 0.717) is 11.1 Å². The van der Waals surface area contributed by atoms with E-state index in [1.807, 2.05) is 51.1 Å². The van der Waals surface area contributed by atoms with Crippen LogP contribution in [0.15, 0.2) is 35.2 Å². The fraction of sp³-hybridized carbons (Fsp3) is 0.316. The van der Waals surface area contributed by atoms with E-state index in [2.05, 4.69) is 10.0 Å². The topological polar surface area (TPSA) is 75.3 Å². The van der Waals surface area contributed by atoms with Gasteiger partial charge in [0.2, 0.25) is 15.9 Å². The zero-order valence-corrected chi connectivity index (χ0v) is 16.0. The van der Waals surface area contributed by atoms with Gasteiger partial charge in [-0.25, -0.2) is 13.1 Å². The van der Waals surface area contributed by atoms with Crippen molar-refractivity contribution in [1.82, 2.24) is 4.72 Å². The smallest absolute Gasteiger partial charge is 0.241 e. The maximum atomic E-state index is 12.6. The van der Waals surface area contributed by atoms with Crippen LogP contribution in [0.2, 0.25) is 0 Å². The van der Waals surface area contributed by atoms with Crippen LogP contribution in [0.3, 0.4) is 0 Å². The van der Waals surface area contributed by atoms with E-state index >= 15 is 0 Å². The molecule has 2 aromatic carbocycles. The lowest BCUT2D eigenvalue weighted by Crippen LogP contribution is -2.33. The summed E-state index contributed by atoms with van der Waals surface area (Å²) in [5, 5.41) is 2.77. The van der Waals surface area contributed by atoms with Crippen molar-refractivity contribution in [3.8, 4) is 0 Å². The Morgan fingerprint density at radius 2 is 1.44 bits per heavy atom. The Hall–Kier alpha value is -2.18. The van der Waals surface area contributed by atoms with Crippen molar-refractivity contribution in [1.29, 1.82) is 0 Å². The molecule has 0 radical (unpaired) electrons. The lowest BCUT2D eigenvalue weighted by Gasteiger charge is -2.14. The van der Waals surface area contributed by atoms with Gasteiger partial charge in [0.15, 0.2) is 0 Å². The summed E-state index contributed by atoms with van der Waals surface area (Å²) in [6.45, 7) is 8.90. The molecular formula is C19H24N2O3S. The molecule has 0 aromatic heterocycles. The molecule has 25 heavy (non-hydrogen) atoms. The summed E-state index contributed by atoms with van der Waals surface area (Å²) in [5.41, 5.74) is 4.92. The molecule has 6 heteroatoms. The molecule has 1 amide bonds. The Balaban J connectivity index is 2.14. The first-order valence-corrected chi connectivity index (χ1v) is 9.53. The van der Waals surface area contributed by atoms with Gasteiger partial charge in [-0.05, 0) is 56.9 Å². The predicted octanol–water partition coefficient (Wildman–Crippen LogP) is 3.15. The summed E-state index contributed by atoms with van der Waals surface area (Å²) >= 11 is 0. The Bertz CT molecular complexity index is 875. The zero-order valence-electron chi connectivity index (χ0n) is 15.2. The molecule has 2 aromatic rings. The van der Waals surface area contributed by atoms with E-state index in [1.54, 1.807) is 13.8 Å². The van der Waals surface area contributed by atoms with Gasteiger partial charge in [0.25, 0.3) is 0 Å². The van der Waals surface area contributed by atoms with Gasteiger partial charge < -0.3 is 5.32 Å². The van der Waals surface area contributed by atoms with Gasteiger partial charge in [0.05, 0.1) is 11.4 Å². The summed E-state index contributed by atoms with van der Waals surface area (Å²) in [4.78, 5) is 12.4. The Morgan fingerprint density at radius 3 is 1.96 bits per heavy atom. The van der Waals surface area contributed by atoms with Gasteiger partial charge >= 0.3 is 0 Å². The van der Waals surface area contributed by atoms with Crippen LogP contribution in [0.25, 0.3) is 0 Å². The van der Waals surface area contributed by atoms with E-state index in [0.717, 1.165) is 22.4 Å². The number of hydrogen-bond donors (Lipinski definition) is 2. The maximum Gasteiger partial charge on any atom is 0.241 e. The van der Waals surface area contributed by atoms with Gasteiger partial charge in [0.1, 0.15) is 0 Å². The van der Waals surface area contributed by atoms with E-state index in [9.17, 15) is 13.2 Å². The monoisotopic (exact) mass is 360 g/mol. The molecule has 0 bridgehead atoms. The number of rotatable bonds is 5. The highest BCUT2D eigenvalue weighted by atomic mass is 32.2. The van der Waals surface area contributed by atoms with E-state index < -0.39 is 15.9 Å². The summed E-state index contributed by atoms with van der Waals surface area (Å²) in [5.74, 6) is -0.400. The van der Waals surface area contributed by atoms with Gasteiger partial charge in [-0.3, -0.25) is 4.79 Å². The largest absolute Gasteiger partial charge is 0.324 e. The molecule has 2 rings (SSSR count). The molecule has 0 unspecified atom stereocenters. The van der Waals surface area contributed by atoms with Crippen LogP contribution in [0.4, 0.5) is 5.69 Å². The minimum absolute atomic E-state index is 0.234. The average molecular weight is 360 g/mol. The van der Waals surface area contributed by atoms with Crippen molar-refractivity contribution in [3.63, 3.8) is 0 Å². The number of amides is 1. The second kappa shape index (κ2) is 7.37. The third kappa shape index (κ3) is 4.46. The number of para-hydroxylation sites is 1. The Morgan fingerprint density at radius 1 is 0.920 bits per heavy atom. The number of aryl methyl sites for hydroxylation is 5. The van der Waals surface area contributed by atoms with Gasteiger partial charge in [0, 0.05) is 5.69 Å². The van der Waals surface area contributed by atoms with Crippen molar-refractivity contribution in [2.24, 2.45) is 0 Å². The fourth-order valence-electron chi connectivity index (χ4n) is 3.02. The number of nitrogens with one attached hydrogen (secondary N) is 2. The third-order valence-electron chi connectivity index (χ3n) is 4.04. The Kier molecular flexibility index (Phi) is 5.65. The summed E-state index contributed by atoms with van der Waals surface area (Å²) < 4.78 is 27.6. The number of anilines is 1. The third-order valence-corrected chi connectivity index (χ3v) is 5.75. The van der Waals surface area contributed by atoms with Crippen molar-refractivity contribution in [3.05, 3.63) is 58.1 Å². The number of carbonyl (C=O) groups excluding carboxylic acids is 1. The first kappa shape index (κ1) is 19.1. The Labute approximate surface area is 149 Å². The quantitative estimate of drug-likeness (QED) is 0.860. The fourth-order valence-corrected chi connectivity index (χ4v) is 4.45. The van der Waals surface area contributed by atoms with Gasteiger partial charge in [-0.1, -0.05) is 35.9 Å². The molecule has 0 saturated heterocycles. The standard InChI is InChI=1S/C19H24N2O3S/c1-12-9-15(4)19(16(5)10-12)25(23,24)20-11-17(22)21-18-13(2)7-6-8-14(18)3/h6-10,20H,11H2,1-5H3,(H,21,22). The molecule has 2 N–H and O–H groups in total. The van der Waals surface area contributed by atoms with E-state index in [4.69, 9.17) is 0 Å². The second-order valence-corrected chi connectivity index (χ2v) is 8.07. The van der Waals surface area contributed by atoms with Gasteiger partial charge in [-0.2, -0.15) is 0 Å². The highest BCUT2D eigenvalue weighted by Gasteiger charge is 2.21. The van der Waals surface area contributed by atoms with E-state index in [1.165, 1.54) is 0 Å². The maximum absolute atomic E-state index is 12.6. The second-order valence-electron chi connectivity index (χ2n) is 6.37. The first-order valence-electron chi connectivity index (χ1n) is 8.05. The van der Waals surface area contributed by atoms with Crippen LogP contribution in [0.1, 0.15) is 27.8 Å². The molecule has 0 heterocycles. The summed E-state index contributed by atoms with van der Waals surface area (Å²) in [7, 11) is -3.76. The van der Waals surface area contributed by atoms with Crippen molar-refractivity contribution in [2.45, 2.75) is 39.5 Å². The lowest BCUT2D eigenvalue weighted by atomic mass is 10.1. The summed E-state index contributed by atoms with van der Waals surface area (Å²) in [6.07, 6.45) is 0. The SMILES string of the molecule is Cc1cc(C)c(S(=O)(=O)NCC(=O)Nc2c(C)cccc2C)c(C)c1. The molecule has 0 spiro atoms. The highest BCUT2D eigenvalue weighted by molar-refractivity contribution is 7.89. The van der Waals surface area contributed by atoms with Crippen LogP contribution in [0.5, 0.6) is 0 Å². The number of benzene rings is 2. The van der Waals surface area contributed by atoms with Gasteiger partial charge in [-0.15, -0.1) is 0 Å².